The van der Waals surface area contributed by atoms with Crippen LogP contribution in [0.3, 0.4) is 0 Å². The highest BCUT2D eigenvalue weighted by atomic mass is 35.5. The second kappa shape index (κ2) is 4.86. The Balaban J connectivity index is 2.24. The fourth-order valence-corrected chi connectivity index (χ4v) is 2.11. The summed E-state index contributed by atoms with van der Waals surface area (Å²) in [7, 11) is 0. The highest BCUT2D eigenvalue weighted by Gasteiger charge is 2.10. The number of aromatic nitrogens is 3. The van der Waals surface area contributed by atoms with Crippen LogP contribution in [0.1, 0.15) is 10.4 Å². The summed E-state index contributed by atoms with van der Waals surface area (Å²) in [6, 6.07) is 8.58. The minimum absolute atomic E-state index is 0.344. The molecule has 6 heteroatoms. The minimum atomic E-state index is -0.533. The number of hydrogen-bond acceptors (Lipinski definition) is 4. The van der Waals surface area contributed by atoms with E-state index in [0.29, 0.717) is 27.4 Å². The second-order valence-electron chi connectivity index (χ2n) is 4.16. The Morgan fingerprint density at radius 2 is 2.05 bits per heavy atom. The van der Waals surface area contributed by atoms with E-state index in [4.69, 9.17) is 17.3 Å². The van der Waals surface area contributed by atoms with E-state index < -0.39 is 5.91 Å². The van der Waals surface area contributed by atoms with Gasteiger partial charge in [-0.2, -0.15) is 0 Å². The normalized spacial score (nSPS) is 10.7. The topological polar surface area (TPSA) is 81.8 Å². The van der Waals surface area contributed by atoms with Crippen molar-refractivity contribution in [2.45, 2.75) is 0 Å². The SMILES string of the molecule is NC(=O)c1cccc2ncc(-c3ccnc(Cl)c3)nc12. The molecule has 98 valence electrons. The Morgan fingerprint density at radius 3 is 2.80 bits per heavy atom. The van der Waals surface area contributed by atoms with Crippen molar-refractivity contribution in [2.75, 3.05) is 0 Å². The molecule has 3 rings (SSSR count). The third-order valence-corrected chi connectivity index (χ3v) is 3.07. The third kappa shape index (κ3) is 2.19. The molecular weight excluding hydrogens is 276 g/mol. The fourth-order valence-electron chi connectivity index (χ4n) is 1.93. The van der Waals surface area contributed by atoms with Crippen molar-refractivity contribution in [3.8, 4) is 11.3 Å². The standard InChI is InChI=1S/C14H9ClN4O/c15-12-6-8(4-5-17-12)11-7-18-10-3-1-2-9(14(16)20)13(10)19-11/h1-7H,(H2,16,20). The van der Waals surface area contributed by atoms with Gasteiger partial charge in [-0.1, -0.05) is 17.7 Å². The average molecular weight is 285 g/mol. The summed E-state index contributed by atoms with van der Waals surface area (Å²) in [6.45, 7) is 0. The first-order valence-corrected chi connectivity index (χ1v) is 6.20. The lowest BCUT2D eigenvalue weighted by molar-refractivity contribution is 0.100. The fraction of sp³-hybridized carbons (Fsp3) is 0. The molecule has 0 saturated heterocycles. The van der Waals surface area contributed by atoms with E-state index in [1.54, 1.807) is 42.7 Å². The number of primary amides is 1. The van der Waals surface area contributed by atoms with Gasteiger partial charge in [0, 0.05) is 11.8 Å². The Hall–Kier alpha value is -2.53. The highest BCUT2D eigenvalue weighted by Crippen LogP contribution is 2.22. The largest absolute Gasteiger partial charge is 0.366 e. The quantitative estimate of drug-likeness (QED) is 0.733. The molecule has 0 bridgehead atoms. The van der Waals surface area contributed by atoms with Crippen LogP contribution in [0, 0.1) is 0 Å². The first-order valence-electron chi connectivity index (χ1n) is 5.82. The van der Waals surface area contributed by atoms with Gasteiger partial charge < -0.3 is 5.73 Å². The predicted molar refractivity (Wildman–Crippen MR) is 76.3 cm³/mol. The molecule has 2 aromatic heterocycles. The second-order valence-corrected chi connectivity index (χ2v) is 4.55. The summed E-state index contributed by atoms with van der Waals surface area (Å²) in [5, 5.41) is 0.368. The zero-order chi connectivity index (χ0) is 14.1. The zero-order valence-electron chi connectivity index (χ0n) is 10.2. The minimum Gasteiger partial charge on any atom is -0.366 e. The Morgan fingerprint density at radius 1 is 1.20 bits per heavy atom. The van der Waals surface area contributed by atoms with Crippen molar-refractivity contribution in [1.82, 2.24) is 15.0 Å². The molecule has 2 heterocycles. The number of amides is 1. The molecule has 1 aromatic carbocycles. The van der Waals surface area contributed by atoms with Crippen molar-refractivity contribution in [2.24, 2.45) is 5.73 Å². The molecule has 20 heavy (non-hydrogen) atoms. The van der Waals surface area contributed by atoms with E-state index in [9.17, 15) is 4.79 Å². The van der Waals surface area contributed by atoms with Crippen LogP contribution in [-0.2, 0) is 0 Å². The van der Waals surface area contributed by atoms with Gasteiger partial charge in [-0.05, 0) is 24.3 Å². The maximum Gasteiger partial charge on any atom is 0.250 e. The molecule has 0 radical (unpaired) electrons. The molecule has 0 aliphatic heterocycles. The summed E-state index contributed by atoms with van der Waals surface area (Å²) >= 11 is 5.86. The lowest BCUT2D eigenvalue weighted by atomic mass is 10.1. The number of hydrogen-bond donors (Lipinski definition) is 1. The zero-order valence-corrected chi connectivity index (χ0v) is 11.0. The Bertz CT molecular complexity index is 819. The number of carbonyl (C=O) groups excluding carboxylic acids is 1. The number of nitrogens with zero attached hydrogens (tertiary/aromatic N) is 3. The number of carbonyl (C=O) groups is 1. The molecule has 0 aliphatic carbocycles. The van der Waals surface area contributed by atoms with E-state index in [2.05, 4.69) is 15.0 Å². The molecular formula is C14H9ClN4O. The maximum absolute atomic E-state index is 11.4. The van der Waals surface area contributed by atoms with E-state index in [1.165, 1.54) is 0 Å². The summed E-state index contributed by atoms with van der Waals surface area (Å²) in [5.41, 5.74) is 8.18. The van der Waals surface area contributed by atoms with E-state index >= 15 is 0 Å². The van der Waals surface area contributed by atoms with Crippen LogP contribution < -0.4 is 5.73 Å². The highest BCUT2D eigenvalue weighted by molar-refractivity contribution is 6.29. The van der Waals surface area contributed by atoms with Crippen LogP contribution in [0.25, 0.3) is 22.3 Å². The van der Waals surface area contributed by atoms with Crippen molar-refractivity contribution < 1.29 is 4.79 Å². The van der Waals surface area contributed by atoms with Crippen LogP contribution in [0.2, 0.25) is 5.15 Å². The first-order chi connectivity index (χ1) is 9.65. The van der Waals surface area contributed by atoms with Gasteiger partial charge in [-0.15, -0.1) is 0 Å². The van der Waals surface area contributed by atoms with Crippen molar-refractivity contribution in [3.05, 3.63) is 53.4 Å². The molecule has 0 unspecified atom stereocenters. The van der Waals surface area contributed by atoms with Crippen molar-refractivity contribution >= 4 is 28.5 Å². The predicted octanol–water partition coefficient (Wildman–Crippen LogP) is 2.44. The first kappa shape index (κ1) is 12.5. The molecule has 0 saturated carbocycles. The number of benzene rings is 1. The number of fused-ring (bicyclic) bond motifs is 1. The molecule has 0 aliphatic rings. The van der Waals surface area contributed by atoms with Gasteiger partial charge in [0.05, 0.1) is 23.0 Å². The van der Waals surface area contributed by atoms with Crippen molar-refractivity contribution in [1.29, 1.82) is 0 Å². The number of rotatable bonds is 2. The summed E-state index contributed by atoms with van der Waals surface area (Å²) in [6.07, 6.45) is 3.21. The van der Waals surface area contributed by atoms with Crippen LogP contribution in [0.4, 0.5) is 0 Å². The van der Waals surface area contributed by atoms with Gasteiger partial charge in [-0.3, -0.25) is 9.78 Å². The molecule has 3 aromatic rings. The van der Waals surface area contributed by atoms with E-state index in [-0.39, 0.29) is 0 Å². The Labute approximate surface area is 119 Å². The number of pyridine rings is 1. The van der Waals surface area contributed by atoms with Gasteiger partial charge in [0.25, 0.3) is 5.91 Å². The third-order valence-electron chi connectivity index (χ3n) is 2.86. The van der Waals surface area contributed by atoms with Gasteiger partial charge in [0.2, 0.25) is 0 Å². The van der Waals surface area contributed by atoms with Crippen LogP contribution in [0.15, 0.2) is 42.7 Å². The average Bonchev–Trinajstić information content (AvgIpc) is 2.46. The van der Waals surface area contributed by atoms with Crippen LogP contribution in [-0.4, -0.2) is 20.9 Å². The van der Waals surface area contributed by atoms with Gasteiger partial charge in [0.1, 0.15) is 10.7 Å². The van der Waals surface area contributed by atoms with E-state index in [0.717, 1.165) is 5.56 Å². The van der Waals surface area contributed by atoms with Gasteiger partial charge >= 0.3 is 0 Å². The maximum atomic E-state index is 11.4. The lowest BCUT2D eigenvalue weighted by Gasteiger charge is -2.05. The number of halogens is 1. The van der Waals surface area contributed by atoms with Gasteiger partial charge in [-0.25, -0.2) is 9.97 Å². The van der Waals surface area contributed by atoms with Crippen molar-refractivity contribution in [3.63, 3.8) is 0 Å². The van der Waals surface area contributed by atoms with Crippen LogP contribution >= 0.6 is 11.6 Å². The molecule has 0 fully saturated rings. The Kier molecular flexibility index (Phi) is 3.04. The summed E-state index contributed by atoms with van der Waals surface area (Å²) < 4.78 is 0. The molecule has 0 spiro atoms. The summed E-state index contributed by atoms with van der Waals surface area (Å²) in [4.78, 5) is 24.1. The summed E-state index contributed by atoms with van der Waals surface area (Å²) in [5.74, 6) is -0.533. The molecule has 5 nitrogen and oxygen atoms in total. The monoisotopic (exact) mass is 284 g/mol. The van der Waals surface area contributed by atoms with E-state index in [1.807, 2.05) is 0 Å². The van der Waals surface area contributed by atoms with Crippen LogP contribution in [0.5, 0.6) is 0 Å². The molecule has 1 amide bonds. The van der Waals surface area contributed by atoms with Gasteiger partial charge in [0.15, 0.2) is 0 Å². The number of para-hydroxylation sites is 1. The molecule has 0 atom stereocenters. The lowest BCUT2D eigenvalue weighted by Crippen LogP contribution is -2.12. The molecule has 2 N–H and O–H groups in total. The number of nitrogens with two attached hydrogens (primary N) is 1. The smallest absolute Gasteiger partial charge is 0.250 e.